The zero-order valence-electron chi connectivity index (χ0n) is 11.4. The van der Waals surface area contributed by atoms with Crippen LogP contribution >= 0.6 is 31.9 Å². The molecule has 2 nitrogen and oxygen atoms in total. The summed E-state index contributed by atoms with van der Waals surface area (Å²) in [5.74, 6) is -0.155. The minimum Gasteiger partial charge on any atom is -0.469 e. The summed E-state index contributed by atoms with van der Waals surface area (Å²) in [5, 5.41) is 0. The lowest BCUT2D eigenvalue weighted by Crippen LogP contribution is -1.97. The summed E-state index contributed by atoms with van der Waals surface area (Å²) < 4.78 is 5.59. The third-order valence-corrected chi connectivity index (χ3v) is 3.15. The van der Waals surface area contributed by atoms with E-state index in [2.05, 4.69) is 48.7 Å². The highest BCUT2D eigenvalue weighted by Crippen LogP contribution is 2.15. The molecule has 0 atom stereocenters. The molecule has 0 aliphatic carbocycles. The number of unbranched alkanes of at least 4 members (excludes halogenated alkanes) is 4. The third-order valence-electron chi connectivity index (χ3n) is 2.50. The Balaban J connectivity index is 3.36. The molecule has 0 aromatic heterocycles. The lowest BCUT2D eigenvalue weighted by atomic mass is 10.1. The minimum absolute atomic E-state index is 0.155. The number of ether oxygens (including phenoxy) is 1. The van der Waals surface area contributed by atoms with E-state index in [0.717, 1.165) is 22.7 Å². The third kappa shape index (κ3) is 15.6. The van der Waals surface area contributed by atoms with Gasteiger partial charge in [0, 0.05) is 6.42 Å². The molecule has 0 aromatic carbocycles. The molecule has 0 heterocycles. The van der Waals surface area contributed by atoms with Crippen molar-refractivity contribution < 1.29 is 9.53 Å². The molecule has 0 saturated carbocycles. The maximum absolute atomic E-state index is 10.8. The molecule has 0 radical (unpaired) electrons. The molecule has 0 rings (SSSR count). The molecule has 0 N–H and O–H groups in total. The van der Waals surface area contributed by atoms with Crippen LogP contribution in [-0.2, 0) is 9.53 Å². The van der Waals surface area contributed by atoms with Gasteiger partial charge >= 0.3 is 5.97 Å². The van der Waals surface area contributed by atoms with E-state index in [9.17, 15) is 4.79 Å². The topological polar surface area (TPSA) is 26.3 Å². The maximum atomic E-state index is 10.8. The summed E-state index contributed by atoms with van der Waals surface area (Å²) in [4.78, 5) is 10.8. The molecule has 0 spiro atoms. The van der Waals surface area contributed by atoms with Crippen molar-refractivity contribution in [2.24, 2.45) is 0 Å². The lowest BCUT2D eigenvalue weighted by Gasteiger charge is -1.95. The van der Waals surface area contributed by atoms with E-state index >= 15 is 0 Å². The highest BCUT2D eigenvalue weighted by molar-refractivity contribution is 9.28. The monoisotopic (exact) mass is 392 g/mol. The van der Waals surface area contributed by atoms with Crippen molar-refractivity contribution in [1.29, 1.82) is 0 Å². The Bertz CT molecular complexity index is 316. The molecule has 0 fully saturated rings. The SMILES string of the molecule is COC(=O)CCC=CC=CCCCCCC=C(Br)Br. The largest absolute Gasteiger partial charge is 0.469 e. The highest BCUT2D eigenvalue weighted by Gasteiger charge is 1.94. The van der Waals surface area contributed by atoms with E-state index < -0.39 is 0 Å². The summed E-state index contributed by atoms with van der Waals surface area (Å²) >= 11 is 6.68. The van der Waals surface area contributed by atoms with Gasteiger partial charge in [-0.1, -0.05) is 36.8 Å². The van der Waals surface area contributed by atoms with Gasteiger partial charge in [0.2, 0.25) is 0 Å². The average Bonchev–Trinajstić information content (AvgIpc) is 2.39. The van der Waals surface area contributed by atoms with Crippen LogP contribution in [0.4, 0.5) is 0 Å². The Kier molecular flexibility index (Phi) is 13.8. The molecule has 0 saturated heterocycles. The van der Waals surface area contributed by atoms with Crippen LogP contribution in [0.25, 0.3) is 0 Å². The molecule has 0 amide bonds. The number of esters is 1. The van der Waals surface area contributed by atoms with Gasteiger partial charge in [-0.05, 0) is 64.0 Å². The van der Waals surface area contributed by atoms with Gasteiger partial charge in [-0.25, -0.2) is 0 Å². The average molecular weight is 394 g/mol. The van der Waals surface area contributed by atoms with Crippen LogP contribution in [0.15, 0.2) is 33.8 Å². The molecular weight excluding hydrogens is 372 g/mol. The van der Waals surface area contributed by atoms with Crippen molar-refractivity contribution in [2.45, 2.75) is 44.9 Å². The van der Waals surface area contributed by atoms with Crippen LogP contribution in [-0.4, -0.2) is 13.1 Å². The molecule has 0 aliphatic rings. The molecular formula is C15H22Br2O2. The summed E-state index contributed by atoms with van der Waals surface area (Å²) in [5.41, 5.74) is 0. The van der Waals surface area contributed by atoms with Gasteiger partial charge in [-0.15, -0.1) is 0 Å². The zero-order chi connectivity index (χ0) is 14.3. The first-order valence-corrected chi connectivity index (χ1v) is 8.15. The summed E-state index contributed by atoms with van der Waals surface area (Å²) in [6.45, 7) is 0. The Labute approximate surface area is 133 Å². The second-order valence-electron chi connectivity index (χ2n) is 4.10. The van der Waals surface area contributed by atoms with Crippen molar-refractivity contribution >= 4 is 37.8 Å². The number of carbonyl (C=O) groups is 1. The van der Waals surface area contributed by atoms with Gasteiger partial charge in [-0.3, -0.25) is 4.79 Å². The van der Waals surface area contributed by atoms with Crippen LogP contribution in [0.1, 0.15) is 44.9 Å². The number of halogens is 2. The second-order valence-corrected chi connectivity index (χ2v) is 6.88. The van der Waals surface area contributed by atoms with Gasteiger partial charge in [0.05, 0.1) is 10.5 Å². The fourth-order valence-corrected chi connectivity index (χ4v) is 1.91. The quantitative estimate of drug-likeness (QED) is 0.273. The molecule has 0 aliphatic heterocycles. The maximum Gasteiger partial charge on any atom is 0.305 e. The van der Waals surface area contributed by atoms with Crippen molar-refractivity contribution in [3.8, 4) is 0 Å². The number of carbonyl (C=O) groups excluding carboxylic acids is 1. The summed E-state index contributed by atoms with van der Waals surface area (Å²) in [6.07, 6.45) is 17.5. The smallest absolute Gasteiger partial charge is 0.305 e. The fourth-order valence-electron chi connectivity index (χ4n) is 1.45. The van der Waals surface area contributed by atoms with Crippen molar-refractivity contribution in [2.75, 3.05) is 7.11 Å². The highest BCUT2D eigenvalue weighted by atomic mass is 79.9. The van der Waals surface area contributed by atoms with Crippen molar-refractivity contribution in [3.63, 3.8) is 0 Å². The van der Waals surface area contributed by atoms with Gasteiger partial charge < -0.3 is 4.74 Å². The summed E-state index contributed by atoms with van der Waals surface area (Å²) in [6, 6.07) is 0. The number of hydrogen-bond acceptors (Lipinski definition) is 2. The Morgan fingerprint density at radius 1 is 1.00 bits per heavy atom. The van der Waals surface area contributed by atoms with Crippen molar-refractivity contribution in [1.82, 2.24) is 0 Å². The van der Waals surface area contributed by atoms with Crippen LogP contribution in [0, 0.1) is 0 Å². The van der Waals surface area contributed by atoms with E-state index in [1.807, 2.05) is 18.2 Å². The van der Waals surface area contributed by atoms with Gasteiger partial charge in [0.25, 0.3) is 0 Å². The van der Waals surface area contributed by atoms with Gasteiger partial charge in [0.15, 0.2) is 0 Å². The van der Waals surface area contributed by atoms with E-state index in [1.54, 1.807) is 0 Å². The Morgan fingerprint density at radius 3 is 2.26 bits per heavy atom. The Hall–Kier alpha value is -0.350. The Morgan fingerprint density at radius 2 is 1.63 bits per heavy atom. The van der Waals surface area contributed by atoms with E-state index in [1.165, 1.54) is 26.4 Å². The van der Waals surface area contributed by atoms with Crippen LogP contribution in [0.2, 0.25) is 0 Å². The van der Waals surface area contributed by atoms with Gasteiger partial charge in [-0.2, -0.15) is 0 Å². The first kappa shape index (κ1) is 18.7. The molecule has 0 unspecified atom stereocenters. The number of methoxy groups -OCH3 is 1. The van der Waals surface area contributed by atoms with Crippen molar-refractivity contribution in [3.05, 3.63) is 33.8 Å². The number of hydrogen-bond donors (Lipinski definition) is 0. The first-order chi connectivity index (χ1) is 9.16. The zero-order valence-corrected chi connectivity index (χ0v) is 14.6. The molecule has 4 heteroatoms. The first-order valence-electron chi connectivity index (χ1n) is 6.56. The standard InChI is InChI=1S/C15H22Br2O2/c1-19-15(18)13-11-9-7-5-3-2-4-6-8-10-12-14(16)17/h3,5,7,9,12H,2,4,6,8,10-11,13H2,1H3. The predicted molar refractivity (Wildman–Crippen MR) is 88.6 cm³/mol. The van der Waals surface area contributed by atoms with Crippen LogP contribution in [0.3, 0.4) is 0 Å². The molecule has 108 valence electrons. The predicted octanol–water partition coefficient (Wildman–Crippen LogP) is 5.63. The number of allylic oxidation sites excluding steroid dienone is 5. The fraction of sp³-hybridized carbons (Fsp3) is 0.533. The van der Waals surface area contributed by atoms with Crippen LogP contribution < -0.4 is 0 Å². The number of rotatable bonds is 10. The van der Waals surface area contributed by atoms with Crippen LogP contribution in [0.5, 0.6) is 0 Å². The van der Waals surface area contributed by atoms with E-state index in [0.29, 0.717) is 6.42 Å². The normalized spacial score (nSPS) is 11.1. The summed E-state index contributed by atoms with van der Waals surface area (Å²) in [7, 11) is 1.42. The molecule has 0 bridgehead atoms. The lowest BCUT2D eigenvalue weighted by molar-refractivity contribution is -0.140. The molecule has 19 heavy (non-hydrogen) atoms. The second kappa shape index (κ2) is 14.1. The molecule has 0 aromatic rings. The minimum atomic E-state index is -0.155. The van der Waals surface area contributed by atoms with E-state index in [4.69, 9.17) is 0 Å². The van der Waals surface area contributed by atoms with E-state index in [-0.39, 0.29) is 5.97 Å². The van der Waals surface area contributed by atoms with Gasteiger partial charge in [0.1, 0.15) is 0 Å².